The van der Waals surface area contributed by atoms with Crippen molar-refractivity contribution in [2.45, 2.75) is 26.2 Å². The summed E-state index contributed by atoms with van der Waals surface area (Å²) in [6.45, 7) is 4.64. The van der Waals surface area contributed by atoms with Gasteiger partial charge in [0, 0.05) is 11.9 Å². The Morgan fingerprint density at radius 1 is 1.32 bits per heavy atom. The summed E-state index contributed by atoms with van der Waals surface area (Å²) < 4.78 is 0. The summed E-state index contributed by atoms with van der Waals surface area (Å²) >= 11 is 13.2. The fourth-order valence-electron chi connectivity index (χ4n) is 1.77. The minimum atomic E-state index is -0.260. The Hall–Kier alpha value is -1.30. The van der Waals surface area contributed by atoms with Gasteiger partial charge < -0.3 is 5.32 Å². The van der Waals surface area contributed by atoms with Crippen LogP contribution in [0.3, 0.4) is 0 Å². The topological polar surface area (TPSA) is 54.0 Å². The number of anilines is 1. The minimum Gasteiger partial charge on any atom is -0.337 e. The number of urea groups is 1. The molecule has 0 aliphatic heterocycles. The first-order valence-electron chi connectivity index (χ1n) is 6.90. The SMILES string of the molecule is CC(C)c1csc(NC(=O)NCCc2ccc(Cl)c(Cl)c2)n1. The Labute approximate surface area is 143 Å². The Bertz CT molecular complexity index is 658. The summed E-state index contributed by atoms with van der Waals surface area (Å²) in [5, 5.41) is 9.14. The number of amides is 2. The number of nitrogens with one attached hydrogen (secondary N) is 2. The standard InChI is InChI=1S/C15H17Cl2N3OS/c1-9(2)13-8-22-15(19-13)20-14(21)18-6-5-10-3-4-11(16)12(17)7-10/h3-4,7-9H,5-6H2,1-2H3,(H2,18,19,20,21). The van der Waals surface area contributed by atoms with Crippen molar-refractivity contribution in [3.8, 4) is 0 Å². The van der Waals surface area contributed by atoms with Crippen LogP contribution in [-0.2, 0) is 6.42 Å². The van der Waals surface area contributed by atoms with Crippen molar-refractivity contribution in [1.29, 1.82) is 0 Å². The maximum Gasteiger partial charge on any atom is 0.321 e. The van der Waals surface area contributed by atoms with Crippen molar-refractivity contribution < 1.29 is 4.79 Å². The molecule has 1 heterocycles. The van der Waals surface area contributed by atoms with Crippen LogP contribution in [0.15, 0.2) is 23.6 Å². The molecule has 7 heteroatoms. The zero-order valence-corrected chi connectivity index (χ0v) is 14.6. The van der Waals surface area contributed by atoms with Crippen LogP contribution in [0, 0.1) is 0 Å². The number of hydrogen-bond acceptors (Lipinski definition) is 3. The number of hydrogen-bond donors (Lipinski definition) is 2. The van der Waals surface area contributed by atoms with Crippen molar-refractivity contribution in [2.24, 2.45) is 0 Å². The molecule has 22 heavy (non-hydrogen) atoms. The highest BCUT2D eigenvalue weighted by Gasteiger charge is 2.08. The zero-order chi connectivity index (χ0) is 16.1. The molecule has 0 unspecified atom stereocenters. The van der Waals surface area contributed by atoms with Gasteiger partial charge in [0.25, 0.3) is 0 Å². The van der Waals surface area contributed by atoms with Crippen LogP contribution < -0.4 is 10.6 Å². The summed E-state index contributed by atoms with van der Waals surface area (Å²) in [4.78, 5) is 16.2. The van der Waals surface area contributed by atoms with Crippen LogP contribution in [0.1, 0.15) is 31.0 Å². The van der Waals surface area contributed by atoms with Crippen LogP contribution in [0.2, 0.25) is 10.0 Å². The molecule has 0 aliphatic rings. The number of carbonyl (C=O) groups excluding carboxylic acids is 1. The molecule has 2 amide bonds. The molecule has 0 bridgehead atoms. The largest absolute Gasteiger partial charge is 0.337 e. The van der Waals surface area contributed by atoms with Gasteiger partial charge in [-0.15, -0.1) is 11.3 Å². The molecule has 4 nitrogen and oxygen atoms in total. The molecule has 1 aromatic carbocycles. The molecule has 2 N–H and O–H groups in total. The Balaban J connectivity index is 1.78. The molecule has 0 aliphatic carbocycles. The van der Waals surface area contributed by atoms with E-state index in [4.69, 9.17) is 23.2 Å². The van der Waals surface area contributed by atoms with Gasteiger partial charge in [-0.25, -0.2) is 9.78 Å². The van der Waals surface area contributed by atoms with Gasteiger partial charge >= 0.3 is 6.03 Å². The van der Waals surface area contributed by atoms with Gasteiger partial charge in [0.05, 0.1) is 15.7 Å². The molecular weight excluding hydrogens is 341 g/mol. The molecule has 0 saturated carbocycles. The van der Waals surface area contributed by atoms with Crippen molar-refractivity contribution in [1.82, 2.24) is 10.3 Å². The predicted molar refractivity (Wildman–Crippen MR) is 93.4 cm³/mol. The van der Waals surface area contributed by atoms with Gasteiger partial charge in [-0.1, -0.05) is 43.1 Å². The maximum absolute atomic E-state index is 11.8. The van der Waals surface area contributed by atoms with Gasteiger partial charge in [0.2, 0.25) is 0 Å². The third-order valence-electron chi connectivity index (χ3n) is 3.02. The molecule has 0 atom stereocenters. The summed E-state index contributed by atoms with van der Waals surface area (Å²) in [5.74, 6) is 0.351. The van der Waals surface area contributed by atoms with Gasteiger partial charge in [0.1, 0.15) is 0 Å². The van der Waals surface area contributed by atoms with Crippen LogP contribution in [0.5, 0.6) is 0 Å². The average Bonchev–Trinajstić information content (AvgIpc) is 2.91. The first-order valence-corrected chi connectivity index (χ1v) is 8.53. The van der Waals surface area contributed by atoms with E-state index < -0.39 is 0 Å². The van der Waals surface area contributed by atoms with E-state index in [1.807, 2.05) is 11.4 Å². The molecule has 1 aromatic heterocycles. The fraction of sp³-hybridized carbons (Fsp3) is 0.333. The fourth-order valence-corrected chi connectivity index (χ4v) is 2.95. The molecule has 2 aromatic rings. The first kappa shape index (κ1) is 17.1. The Morgan fingerprint density at radius 2 is 2.09 bits per heavy atom. The predicted octanol–water partition coefficient (Wildman–Crippen LogP) is 4.94. The van der Waals surface area contributed by atoms with Gasteiger partial charge in [-0.2, -0.15) is 0 Å². The summed E-state index contributed by atoms with van der Waals surface area (Å²) in [5.41, 5.74) is 2.00. The molecular formula is C15H17Cl2N3OS. The molecule has 2 rings (SSSR count). The molecule has 0 spiro atoms. The number of rotatable bonds is 5. The molecule has 0 fully saturated rings. The van der Waals surface area contributed by atoms with Crippen molar-refractivity contribution in [2.75, 3.05) is 11.9 Å². The highest BCUT2D eigenvalue weighted by molar-refractivity contribution is 7.13. The minimum absolute atomic E-state index is 0.260. The second-order valence-corrected chi connectivity index (χ2v) is 6.78. The number of benzene rings is 1. The second-order valence-electron chi connectivity index (χ2n) is 5.11. The molecule has 0 saturated heterocycles. The Morgan fingerprint density at radius 3 is 2.73 bits per heavy atom. The van der Waals surface area contributed by atoms with E-state index in [0.717, 1.165) is 11.3 Å². The van der Waals surface area contributed by atoms with Crippen LogP contribution in [-0.4, -0.2) is 17.6 Å². The lowest BCUT2D eigenvalue weighted by Crippen LogP contribution is -2.30. The summed E-state index contributed by atoms with van der Waals surface area (Å²) in [7, 11) is 0. The van der Waals surface area contributed by atoms with Crippen molar-refractivity contribution in [3.05, 3.63) is 44.9 Å². The van der Waals surface area contributed by atoms with Crippen LogP contribution in [0.25, 0.3) is 0 Å². The number of carbonyl (C=O) groups is 1. The van der Waals surface area contributed by atoms with E-state index >= 15 is 0 Å². The summed E-state index contributed by atoms with van der Waals surface area (Å²) in [6, 6.07) is 5.19. The highest BCUT2D eigenvalue weighted by Crippen LogP contribution is 2.23. The van der Waals surface area contributed by atoms with Gasteiger partial charge in [-0.05, 0) is 30.0 Å². The lowest BCUT2D eigenvalue weighted by atomic mass is 10.1. The second kappa shape index (κ2) is 7.81. The van der Waals surface area contributed by atoms with Crippen LogP contribution >= 0.6 is 34.5 Å². The normalized spacial score (nSPS) is 10.8. The average molecular weight is 358 g/mol. The Kier molecular flexibility index (Phi) is 6.06. The van der Waals surface area contributed by atoms with E-state index in [2.05, 4.69) is 29.5 Å². The number of halogens is 2. The van der Waals surface area contributed by atoms with Gasteiger partial charge in [0.15, 0.2) is 5.13 Å². The van der Waals surface area contributed by atoms with E-state index in [-0.39, 0.29) is 6.03 Å². The quantitative estimate of drug-likeness (QED) is 0.796. The van der Waals surface area contributed by atoms with E-state index in [1.165, 1.54) is 11.3 Å². The molecule has 0 radical (unpaired) electrons. The highest BCUT2D eigenvalue weighted by atomic mass is 35.5. The maximum atomic E-state index is 11.8. The van der Waals surface area contributed by atoms with Gasteiger partial charge in [-0.3, -0.25) is 5.32 Å². The van der Waals surface area contributed by atoms with E-state index in [0.29, 0.717) is 34.1 Å². The smallest absolute Gasteiger partial charge is 0.321 e. The van der Waals surface area contributed by atoms with E-state index in [1.54, 1.807) is 12.1 Å². The van der Waals surface area contributed by atoms with Crippen LogP contribution in [0.4, 0.5) is 9.93 Å². The third kappa shape index (κ3) is 4.87. The van der Waals surface area contributed by atoms with Crippen molar-refractivity contribution in [3.63, 3.8) is 0 Å². The van der Waals surface area contributed by atoms with Crippen molar-refractivity contribution >= 4 is 45.7 Å². The zero-order valence-electron chi connectivity index (χ0n) is 12.3. The number of nitrogens with zero attached hydrogens (tertiary/aromatic N) is 1. The molecule has 118 valence electrons. The third-order valence-corrected chi connectivity index (χ3v) is 4.53. The lowest BCUT2D eigenvalue weighted by molar-refractivity contribution is 0.252. The first-order chi connectivity index (χ1) is 10.5. The van der Waals surface area contributed by atoms with E-state index in [9.17, 15) is 4.79 Å². The number of aromatic nitrogens is 1. The summed E-state index contributed by atoms with van der Waals surface area (Å²) in [6.07, 6.45) is 0.680. The monoisotopic (exact) mass is 357 g/mol. The number of thiazole rings is 1. The lowest BCUT2D eigenvalue weighted by Gasteiger charge is -2.06.